The molecule has 5 heteroatoms. The first kappa shape index (κ1) is 17.7. The van der Waals surface area contributed by atoms with Crippen LogP contribution < -0.4 is 5.43 Å². The predicted octanol–water partition coefficient (Wildman–Crippen LogP) is 6.06. The molecule has 4 rings (SSSR count). The third kappa shape index (κ3) is 3.44. The first-order chi connectivity index (χ1) is 13.0. The van der Waals surface area contributed by atoms with Gasteiger partial charge in [0.05, 0.1) is 5.39 Å². The van der Waals surface area contributed by atoms with Gasteiger partial charge in [-0.05, 0) is 42.0 Å². The van der Waals surface area contributed by atoms with Crippen molar-refractivity contribution in [3.05, 3.63) is 98.1 Å². The van der Waals surface area contributed by atoms with Crippen LogP contribution >= 0.6 is 23.2 Å². The highest BCUT2D eigenvalue weighted by molar-refractivity contribution is 6.31. The molecule has 3 nitrogen and oxygen atoms in total. The standard InChI is InChI=1S/C22H14Cl2O3/c23-15-6-8-19(25)14(10-15)11-18-21(26)17-12-16(24)7-9-20(17)27-22(18)13-4-2-1-3-5-13/h1-10,12,25H,11H2. The molecule has 0 aliphatic rings. The topological polar surface area (TPSA) is 50.4 Å². The van der Waals surface area contributed by atoms with Gasteiger partial charge in [-0.15, -0.1) is 0 Å². The van der Waals surface area contributed by atoms with Gasteiger partial charge in [-0.3, -0.25) is 4.79 Å². The highest BCUT2D eigenvalue weighted by Crippen LogP contribution is 2.31. The second-order valence-electron chi connectivity index (χ2n) is 6.20. The Hall–Kier alpha value is -2.75. The molecule has 0 atom stereocenters. The lowest BCUT2D eigenvalue weighted by atomic mass is 9.98. The molecule has 0 fully saturated rings. The number of benzene rings is 3. The summed E-state index contributed by atoms with van der Waals surface area (Å²) in [5.74, 6) is 0.541. The Balaban J connectivity index is 2.00. The normalized spacial score (nSPS) is 11.0. The highest BCUT2D eigenvalue weighted by Gasteiger charge is 2.18. The van der Waals surface area contributed by atoms with Crippen molar-refractivity contribution in [3.8, 4) is 17.1 Å². The Morgan fingerprint density at radius 2 is 1.59 bits per heavy atom. The molecule has 0 saturated carbocycles. The third-order valence-corrected chi connectivity index (χ3v) is 4.86. The SMILES string of the molecule is O=c1c(Cc2cc(Cl)ccc2O)c(-c2ccccc2)oc2ccc(Cl)cc12. The second kappa shape index (κ2) is 7.10. The minimum Gasteiger partial charge on any atom is -0.508 e. The molecule has 1 heterocycles. The van der Waals surface area contributed by atoms with Gasteiger partial charge in [0, 0.05) is 27.6 Å². The summed E-state index contributed by atoms with van der Waals surface area (Å²) >= 11 is 12.1. The average molecular weight is 397 g/mol. The first-order valence-electron chi connectivity index (χ1n) is 8.31. The highest BCUT2D eigenvalue weighted by atomic mass is 35.5. The molecule has 0 unspecified atom stereocenters. The Labute approximate surface area is 165 Å². The summed E-state index contributed by atoms with van der Waals surface area (Å²) in [6.45, 7) is 0. The maximum absolute atomic E-state index is 13.2. The summed E-state index contributed by atoms with van der Waals surface area (Å²) in [7, 11) is 0. The van der Waals surface area contributed by atoms with E-state index in [4.69, 9.17) is 27.6 Å². The summed E-state index contributed by atoms with van der Waals surface area (Å²) in [5.41, 5.74) is 2.05. The van der Waals surface area contributed by atoms with E-state index in [1.165, 1.54) is 6.07 Å². The van der Waals surface area contributed by atoms with E-state index in [1.54, 1.807) is 30.3 Å². The number of fused-ring (bicyclic) bond motifs is 1. The van der Waals surface area contributed by atoms with Crippen LogP contribution in [0.4, 0.5) is 0 Å². The van der Waals surface area contributed by atoms with Crippen molar-refractivity contribution in [2.24, 2.45) is 0 Å². The Morgan fingerprint density at radius 3 is 2.37 bits per heavy atom. The molecule has 0 radical (unpaired) electrons. The van der Waals surface area contributed by atoms with Crippen LogP contribution in [0.25, 0.3) is 22.3 Å². The Morgan fingerprint density at radius 1 is 0.889 bits per heavy atom. The van der Waals surface area contributed by atoms with E-state index in [0.717, 1.165) is 5.56 Å². The molecule has 0 amide bonds. The van der Waals surface area contributed by atoms with Crippen molar-refractivity contribution in [1.29, 1.82) is 0 Å². The quantitative estimate of drug-likeness (QED) is 0.457. The number of rotatable bonds is 3. The number of phenolic OH excluding ortho intramolecular Hbond substituents is 1. The van der Waals surface area contributed by atoms with Gasteiger partial charge in [-0.25, -0.2) is 0 Å². The van der Waals surface area contributed by atoms with Crippen molar-refractivity contribution in [1.82, 2.24) is 0 Å². The van der Waals surface area contributed by atoms with Gasteiger partial charge in [-0.2, -0.15) is 0 Å². The van der Waals surface area contributed by atoms with E-state index in [1.807, 2.05) is 30.3 Å². The second-order valence-corrected chi connectivity index (χ2v) is 7.07. The predicted molar refractivity (Wildman–Crippen MR) is 109 cm³/mol. The molecular formula is C22H14Cl2O3. The minimum atomic E-state index is -0.183. The van der Waals surface area contributed by atoms with E-state index in [0.29, 0.717) is 37.9 Å². The summed E-state index contributed by atoms with van der Waals surface area (Å²) in [4.78, 5) is 13.2. The lowest BCUT2D eigenvalue weighted by Crippen LogP contribution is -2.12. The van der Waals surface area contributed by atoms with Crippen LogP contribution in [-0.4, -0.2) is 5.11 Å². The van der Waals surface area contributed by atoms with Gasteiger partial charge < -0.3 is 9.52 Å². The molecule has 1 N–H and O–H groups in total. The monoisotopic (exact) mass is 396 g/mol. The van der Waals surface area contributed by atoms with Gasteiger partial charge in [0.1, 0.15) is 17.1 Å². The molecule has 0 saturated heterocycles. The maximum Gasteiger partial charge on any atom is 0.196 e. The lowest BCUT2D eigenvalue weighted by Gasteiger charge is -2.12. The summed E-state index contributed by atoms with van der Waals surface area (Å²) in [6.07, 6.45) is 0.182. The van der Waals surface area contributed by atoms with E-state index < -0.39 is 0 Å². The number of phenols is 1. The summed E-state index contributed by atoms with van der Waals surface area (Å²) < 4.78 is 6.08. The number of halogens is 2. The molecular weight excluding hydrogens is 383 g/mol. The zero-order valence-electron chi connectivity index (χ0n) is 14.1. The van der Waals surface area contributed by atoms with Crippen LogP contribution in [0.2, 0.25) is 10.0 Å². The van der Waals surface area contributed by atoms with Gasteiger partial charge in [0.15, 0.2) is 5.43 Å². The van der Waals surface area contributed by atoms with Crippen LogP contribution in [0, 0.1) is 0 Å². The smallest absolute Gasteiger partial charge is 0.196 e. The van der Waals surface area contributed by atoms with Crippen molar-refractivity contribution in [2.75, 3.05) is 0 Å². The van der Waals surface area contributed by atoms with Crippen LogP contribution in [-0.2, 0) is 6.42 Å². The first-order valence-corrected chi connectivity index (χ1v) is 9.06. The van der Waals surface area contributed by atoms with Crippen molar-refractivity contribution < 1.29 is 9.52 Å². The molecule has 0 spiro atoms. The maximum atomic E-state index is 13.2. The number of aromatic hydroxyl groups is 1. The fourth-order valence-corrected chi connectivity index (χ4v) is 3.44. The molecule has 0 aliphatic heterocycles. The van der Waals surface area contributed by atoms with Gasteiger partial charge in [0.25, 0.3) is 0 Å². The zero-order chi connectivity index (χ0) is 19.0. The molecule has 3 aromatic carbocycles. The van der Waals surface area contributed by atoms with Crippen LogP contribution in [0.3, 0.4) is 0 Å². The fourth-order valence-electron chi connectivity index (χ4n) is 3.08. The van der Waals surface area contributed by atoms with E-state index in [9.17, 15) is 9.90 Å². The minimum absolute atomic E-state index is 0.0732. The van der Waals surface area contributed by atoms with E-state index >= 15 is 0 Å². The summed E-state index contributed by atoms with van der Waals surface area (Å²) in [6, 6.07) is 19.1. The van der Waals surface area contributed by atoms with Gasteiger partial charge in [-0.1, -0.05) is 53.5 Å². The summed E-state index contributed by atoms with van der Waals surface area (Å²) in [5, 5.41) is 11.5. The largest absolute Gasteiger partial charge is 0.508 e. The van der Waals surface area contributed by atoms with Gasteiger partial charge >= 0.3 is 0 Å². The third-order valence-electron chi connectivity index (χ3n) is 4.39. The van der Waals surface area contributed by atoms with E-state index in [2.05, 4.69) is 0 Å². The zero-order valence-corrected chi connectivity index (χ0v) is 15.6. The van der Waals surface area contributed by atoms with Gasteiger partial charge in [0.2, 0.25) is 0 Å². The molecule has 27 heavy (non-hydrogen) atoms. The Kier molecular flexibility index (Phi) is 4.65. The molecule has 4 aromatic rings. The fraction of sp³-hybridized carbons (Fsp3) is 0.0455. The van der Waals surface area contributed by atoms with Crippen molar-refractivity contribution in [3.63, 3.8) is 0 Å². The van der Waals surface area contributed by atoms with E-state index in [-0.39, 0.29) is 17.6 Å². The van der Waals surface area contributed by atoms with Crippen LogP contribution in [0.15, 0.2) is 75.9 Å². The molecule has 1 aromatic heterocycles. The Bertz CT molecular complexity index is 1200. The molecule has 0 bridgehead atoms. The molecule has 134 valence electrons. The van der Waals surface area contributed by atoms with Crippen LogP contribution in [0.1, 0.15) is 11.1 Å². The number of hydrogen-bond acceptors (Lipinski definition) is 3. The van der Waals surface area contributed by atoms with Crippen molar-refractivity contribution in [2.45, 2.75) is 6.42 Å². The van der Waals surface area contributed by atoms with Crippen LogP contribution in [0.5, 0.6) is 5.75 Å². The lowest BCUT2D eigenvalue weighted by molar-refractivity contribution is 0.469. The van der Waals surface area contributed by atoms with Crippen molar-refractivity contribution >= 4 is 34.2 Å². The molecule has 0 aliphatic carbocycles. The number of hydrogen-bond donors (Lipinski definition) is 1. The average Bonchev–Trinajstić information content (AvgIpc) is 2.67.